The minimum absolute atomic E-state index is 0.0207. The van der Waals surface area contributed by atoms with Gasteiger partial charge in [0.2, 0.25) is 5.91 Å². The van der Waals surface area contributed by atoms with Gasteiger partial charge < -0.3 is 10.0 Å². The highest BCUT2D eigenvalue weighted by Crippen LogP contribution is 2.43. The molecule has 2 saturated heterocycles. The number of hydrogen-bond acceptors (Lipinski definition) is 3. The third-order valence-corrected chi connectivity index (χ3v) is 7.18. The molecule has 7 heteroatoms. The zero-order chi connectivity index (χ0) is 21.5. The molecular formula is C23H27ClF2N2O2. The summed E-state index contributed by atoms with van der Waals surface area (Å²) in [6.45, 7) is 3.85. The Hall–Kier alpha value is -1.92. The van der Waals surface area contributed by atoms with Gasteiger partial charge in [-0.15, -0.1) is 0 Å². The fourth-order valence-corrected chi connectivity index (χ4v) is 5.16. The fourth-order valence-electron chi connectivity index (χ4n) is 5.04. The number of halogens is 3. The molecule has 3 aliphatic rings. The number of amides is 1. The average molecular weight is 437 g/mol. The van der Waals surface area contributed by atoms with E-state index in [-0.39, 0.29) is 40.6 Å². The van der Waals surface area contributed by atoms with Crippen LogP contribution in [0.15, 0.2) is 42.2 Å². The number of aliphatic hydroxyl groups is 1. The van der Waals surface area contributed by atoms with Crippen LogP contribution in [-0.2, 0) is 11.3 Å². The second-order valence-electron chi connectivity index (χ2n) is 8.89. The molecule has 1 amide bonds. The van der Waals surface area contributed by atoms with Crippen LogP contribution in [0.1, 0.15) is 31.7 Å². The van der Waals surface area contributed by atoms with Crippen LogP contribution >= 0.6 is 11.6 Å². The monoisotopic (exact) mass is 436 g/mol. The molecule has 162 valence electrons. The van der Waals surface area contributed by atoms with E-state index in [1.54, 1.807) is 23.1 Å². The Morgan fingerprint density at radius 3 is 2.77 bits per heavy atom. The van der Waals surface area contributed by atoms with Gasteiger partial charge in [0.05, 0.1) is 11.1 Å². The molecule has 0 aromatic heterocycles. The van der Waals surface area contributed by atoms with Crippen molar-refractivity contribution >= 4 is 17.5 Å². The Labute approximate surface area is 180 Å². The molecule has 0 radical (unpaired) electrons. The van der Waals surface area contributed by atoms with Gasteiger partial charge in [-0.05, 0) is 61.1 Å². The van der Waals surface area contributed by atoms with Crippen molar-refractivity contribution in [3.05, 3.63) is 58.6 Å². The Bertz CT molecular complexity index is 890. The van der Waals surface area contributed by atoms with Crippen molar-refractivity contribution in [2.45, 2.75) is 44.9 Å². The van der Waals surface area contributed by atoms with Crippen LogP contribution < -0.4 is 0 Å². The van der Waals surface area contributed by atoms with Gasteiger partial charge in [0, 0.05) is 25.6 Å². The van der Waals surface area contributed by atoms with Gasteiger partial charge in [-0.1, -0.05) is 30.7 Å². The molecule has 30 heavy (non-hydrogen) atoms. The van der Waals surface area contributed by atoms with Gasteiger partial charge in [-0.2, -0.15) is 0 Å². The molecule has 4 rings (SSSR count). The molecule has 2 heterocycles. The first-order valence-corrected chi connectivity index (χ1v) is 10.8. The highest BCUT2D eigenvalue weighted by molar-refractivity contribution is 6.30. The Morgan fingerprint density at radius 2 is 2.10 bits per heavy atom. The number of rotatable bonds is 4. The summed E-state index contributed by atoms with van der Waals surface area (Å²) in [7, 11) is 0. The van der Waals surface area contributed by atoms with E-state index in [0.29, 0.717) is 44.5 Å². The van der Waals surface area contributed by atoms with Gasteiger partial charge in [0.1, 0.15) is 17.7 Å². The van der Waals surface area contributed by atoms with Gasteiger partial charge in [0.15, 0.2) is 0 Å². The molecule has 2 fully saturated rings. The Kier molecular flexibility index (Phi) is 5.90. The minimum atomic E-state index is -1.03. The first-order valence-electron chi connectivity index (χ1n) is 10.5. The zero-order valence-electron chi connectivity index (χ0n) is 17.0. The quantitative estimate of drug-likeness (QED) is 0.747. The molecule has 1 aromatic carbocycles. The fraction of sp³-hybridized carbons (Fsp3) is 0.522. The van der Waals surface area contributed by atoms with Crippen molar-refractivity contribution in [2.24, 2.45) is 11.3 Å². The smallest absolute Gasteiger partial charge is 0.240 e. The van der Waals surface area contributed by atoms with E-state index in [9.17, 15) is 14.3 Å². The maximum atomic E-state index is 15.2. The predicted molar refractivity (Wildman–Crippen MR) is 112 cm³/mol. The van der Waals surface area contributed by atoms with Gasteiger partial charge in [0.25, 0.3) is 0 Å². The molecule has 0 saturated carbocycles. The number of carbonyl (C=O) groups excluding carboxylic acids is 1. The second-order valence-corrected chi connectivity index (χ2v) is 9.30. The zero-order valence-corrected chi connectivity index (χ0v) is 17.8. The summed E-state index contributed by atoms with van der Waals surface area (Å²) in [5.74, 6) is -0.419. The summed E-state index contributed by atoms with van der Waals surface area (Å²) in [6.07, 6.45) is 6.23. The maximum absolute atomic E-state index is 15.2. The number of allylic oxidation sites excluding steroid dienone is 3. The van der Waals surface area contributed by atoms with Crippen molar-refractivity contribution in [2.75, 3.05) is 19.6 Å². The molecule has 0 spiro atoms. The normalized spacial score (nSPS) is 32.5. The van der Waals surface area contributed by atoms with Crippen molar-refractivity contribution in [3.63, 3.8) is 0 Å². The van der Waals surface area contributed by atoms with Crippen molar-refractivity contribution in [1.82, 2.24) is 9.80 Å². The number of benzene rings is 1. The van der Waals surface area contributed by atoms with Crippen LogP contribution in [0.4, 0.5) is 8.78 Å². The lowest BCUT2D eigenvalue weighted by molar-refractivity contribution is -0.134. The summed E-state index contributed by atoms with van der Waals surface area (Å²) in [5.41, 5.74) is 0.378. The standard InChI is InChI=1S/C23H27ClF2N2O2/c1-23(8-4-16(29)5-9-23)17-6-10-27(14-20(17)26)21-7-11-28(22(21)30)13-15-2-3-18(24)19(25)12-15/h2-5,8,12,17,20-21,29H,6-7,9-11,13-14H2,1H3/t17-,20-,21+,23?/m1/s1. The number of alkyl halides is 1. The number of carbonyl (C=O) groups is 1. The predicted octanol–water partition coefficient (Wildman–Crippen LogP) is 4.65. The number of piperidine rings is 1. The van der Waals surface area contributed by atoms with Crippen LogP contribution in [0.25, 0.3) is 0 Å². The largest absolute Gasteiger partial charge is 0.508 e. The van der Waals surface area contributed by atoms with E-state index < -0.39 is 12.0 Å². The highest BCUT2D eigenvalue weighted by Gasteiger charge is 2.45. The molecule has 4 nitrogen and oxygen atoms in total. The lowest BCUT2D eigenvalue weighted by atomic mass is 9.68. The first kappa shape index (κ1) is 21.3. The molecule has 1 unspecified atom stereocenters. The van der Waals surface area contributed by atoms with E-state index in [2.05, 4.69) is 0 Å². The number of nitrogens with zero attached hydrogens (tertiary/aromatic N) is 2. The lowest BCUT2D eigenvalue weighted by Gasteiger charge is -2.44. The highest BCUT2D eigenvalue weighted by atomic mass is 35.5. The molecule has 1 aliphatic carbocycles. The van der Waals surface area contributed by atoms with E-state index in [1.807, 2.05) is 17.9 Å². The van der Waals surface area contributed by atoms with E-state index >= 15 is 4.39 Å². The summed E-state index contributed by atoms with van der Waals surface area (Å²) in [4.78, 5) is 16.6. The molecule has 1 N–H and O–H groups in total. The van der Waals surface area contributed by atoms with Crippen molar-refractivity contribution in [1.29, 1.82) is 0 Å². The van der Waals surface area contributed by atoms with Crippen molar-refractivity contribution in [3.8, 4) is 0 Å². The molecular weight excluding hydrogens is 410 g/mol. The molecule has 1 aromatic rings. The summed E-state index contributed by atoms with van der Waals surface area (Å²) in [5, 5.41) is 9.65. The molecule has 4 atom stereocenters. The van der Waals surface area contributed by atoms with Crippen LogP contribution in [-0.4, -0.2) is 52.7 Å². The minimum Gasteiger partial charge on any atom is -0.508 e. The summed E-state index contributed by atoms with van der Waals surface area (Å²) < 4.78 is 28.9. The molecule has 0 bridgehead atoms. The second kappa shape index (κ2) is 8.31. The van der Waals surface area contributed by atoms with E-state index in [0.717, 1.165) is 0 Å². The Morgan fingerprint density at radius 1 is 1.30 bits per heavy atom. The topological polar surface area (TPSA) is 43.8 Å². The number of aliphatic hydroxyl groups excluding tert-OH is 1. The van der Waals surface area contributed by atoms with Gasteiger partial charge >= 0.3 is 0 Å². The third-order valence-electron chi connectivity index (χ3n) is 6.87. The molecule has 2 aliphatic heterocycles. The van der Waals surface area contributed by atoms with Crippen molar-refractivity contribution < 1.29 is 18.7 Å². The number of hydrogen-bond donors (Lipinski definition) is 1. The average Bonchev–Trinajstić information content (AvgIpc) is 3.07. The van der Waals surface area contributed by atoms with Gasteiger partial charge in [-0.25, -0.2) is 8.78 Å². The van der Waals surface area contributed by atoms with Crippen LogP contribution in [0.3, 0.4) is 0 Å². The first-order chi connectivity index (χ1) is 14.3. The summed E-state index contributed by atoms with van der Waals surface area (Å²) >= 11 is 5.73. The SMILES string of the molecule is CC1([C@@H]2CCN([C@H]3CCN(Cc4ccc(Cl)c(F)c4)C3=O)C[C@H]2F)C=CC(O)=CC1. The maximum Gasteiger partial charge on any atom is 0.240 e. The van der Waals surface area contributed by atoms with Crippen LogP contribution in [0, 0.1) is 17.2 Å². The summed E-state index contributed by atoms with van der Waals surface area (Å²) in [6, 6.07) is 4.26. The Balaban J connectivity index is 1.37. The van der Waals surface area contributed by atoms with Gasteiger partial charge in [-0.3, -0.25) is 9.69 Å². The number of likely N-dealkylation sites (tertiary alicyclic amines) is 2. The lowest BCUT2D eigenvalue weighted by Crippen LogP contribution is -2.52. The third kappa shape index (κ3) is 4.12. The van der Waals surface area contributed by atoms with Crippen LogP contribution in [0.5, 0.6) is 0 Å². The van der Waals surface area contributed by atoms with E-state index in [4.69, 9.17) is 11.6 Å². The van der Waals surface area contributed by atoms with Crippen LogP contribution in [0.2, 0.25) is 5.02 Å². The van der Waals surface area contributed by atoms with E-state index in [1.165, 1.54) is 12.1 Å².